The van der Waals surface area contributed by atoms with Crippen molar-refractivity contribution < 1.29 is 22.7 Å². The number of rotatable bonds is 5. The number of amides is 1. The minimum absolute atomic E-state index is 0.0604. The van der Waals surface area contributed by atoms with E-state index in [1.54, 1.807) is 24.5 Å². The van der Waals surface area contributed by atoms with Gasteiger partial charge in [0.15, 0.2) is 0 Å². The fraction of sp³-hybridized carbons (Fsp3) is 0.333. The zero-order valence-corrected chi connectivity index (χ0v) is 17.7. The molecule has 0 radical (unpaired) electrons. The predicted octanol–water partition coefficient (Wildman–Crippen LogP) is 3.05. The molecule has 174 valence electrons. The molecule has 0 aliphatic carbocycles. The van der Waals surface area contributed by atoms with Gasteiger partial charge < -0.3 is 15.4 Å². The zero-order chi connectivity index (χ0) is 23.6. The highest BCUT2D eigenvalue weighted by Gasteiger charge is 2.32. The van der Waals surface area contributed by atoms with Gasteiger partial charge in [0.05, 0.1) is 17.5 Å². The van der Waals surface area contributed by atoms with Crippen LogP contribution in [0.2, 0.25) is 0 Å². The second kappa shape index (κ2) is 9.06. The average molecular weight is 461 g/mol. The number of H-pyrrole nitrogens is 1. The molecule has 1 aliphatic rings. The molecule has 3 N–H and O–H groups in total. The van der Waals surface area contributed by atoms with Crippen molar-refractivity contribution in [2.24, 2.45) is 5.73 Å². The molecule has 0 bridgehead atoms. The van der Waals surface area contributed by atoms with Gasteiger partial charge in [-0.25, -0.2) is 14.8 Å². The maximum Gasteiger partial charge on any atom is 0.417 e. The number of anilines is 1. The first-order chi connectivity index (χ1) is 15.7. The van der Waals surface area contributed by atoms with Gasteiger partial charge in [0.1, 0.15) is 5.82 Å². The lowest BCUT2D eigenvalue weighted by Crippen LogP contribution is -2.51. The van der Waals surface area contributed by atoms with E-state index in [9.17, 15) is 18.0 Å². The molecule has 1 saturated heterocycles. The van der Waals surface area contributed by atoms with Crippen LogP contribution in [0.3, 0.4) is 0 Å². The number of aromatic amines is 1. The zero-order valence-electron chi connectivity index (χ0n) is 17.7. The van der Waals surface area contributed by atoms with Crippen LogP contribution in [0.5, 0.6) is 5.88 Å². The molecule has 3 aromatic heterocycles. The molecule has 0 spiro atoms. The summed E-state index contributed by atoms with van der Waals surface area (Å²) in [4.78, 5) is 23.2. The largest absolute Gasteiger partial charge is 0.417 e. The topological polar surface area (TPSA) is 113 Å². The van der Waals surface area contributed by atoms with Gasteiger partial charge in [-0.3, -0.25) is 10.00 Å². The standard InChI is InChI=1S/C21H22F3N7O2/c1-13-11-30(6-7-31(13)17-4-3-16(10-26-17)21(22,23)24)12-15-9-28-29-19(15)14-2-5-18(27-8-14)33-20(25)32/h2-5,8-10,13H,6-7,11-12H2,1H3,(H2,25,32)(H,28,29). The lowest BCUT2D eigenvalue weighted by Gasteiger charge is -2.40. The van der Waals surface area contributed by atoms with E-state index in [1.807, 2.05) is 11.8 Å². The van der Waals surface area contributed by atoms with E-state index < -0.39 is 17.8 Å². The highest BCUT2D eigenvalue weighted by Crippen LogP contribution is 2.30. The van der Waals surface area contributed by atoms with Crippen LogP contribution in [-0.4, -0.2) is 56.8 Å². The molecule has 0 saturated carbocycles. The molecule has 33 heavy (non-hydrogen) atoms. The van der Waals surface area contributed by atoms with E-state index in [2.05, 4.69) is 25.1 Å². The van der Waals surface area contributed by atoms with Crippen LogP contribution in [0.1, 0.15) is 18.1 Å². The number of pyridine rings is 2. The van der Waals surface area contributed by atoms with Crippen molar-refractivity contribution in [3.63, 3.8) is 0 Å². The molecule has 0 aromatic carbocycles. The molecule has 4 heterocycles. The number of nitrogens with zero attached hydrogens (tertiary/aromatic N) is 5. The molecule has 1 atom stereocenters. The minimum atomic E-state index is -4.40. The molecule has 1 unspecified atom stereocenters. The van der Waals surface area contributed by atoms with E-state index in [4.69, 9.17) is 10.5 Å². The van der Waals surface area contributed by atoms with Crippen LogP contribution in [0, 0.1) is 0 Å². The number of primary amides is 1. The van der Waals surface area contributed by atoms with Gasteiger partial charge in [0.25, 0.3) is 0 Å². The molecule has 12 heteroatoms. The second-order valence-corrected chi connectivity index (χ2v) is 7.76. The molecule has 4 rings (SSSR count). The number of ether oxygens (including phenoxy) is 1. The van der Waals surface area contributed by atoms with Crippen molar-refractivity contribution in [1.29, 1.82) is 0 Å². The third-order valence-corrected chi connectivity index (χ3v) is 5.42. The quantitative estimate of drug-likeness (QED) is 0.600. The van der Waals surface area contributed by atoms with Gasteiger partial charge >= 0.3 is 12.3 Å². The second-order valence-electron chi connectivity index (χ2n) is 7.76. The van der Waals surface area contributed by atoms with Crippen molar-refractivity contribution >= 4 is 11.9 Å². The Morgan fingerprint density at radius 1 is 1.18 bits per heavy atom. The maximum absolute atomic E-state index is 12.8. The smallest absolute Gasteiger partial charge is 0.391 e. The summed E-state index contributed by atoms with van der Waals surface area (Å²) in [5, 5.41) is 7.12. The summed E-state index contributed by atoms with van der Waals surface area (Å²) in [7, 11) is 0. The number of halogens is 3. The Labute approximate surface area is 187 Å². The molecule has 3 aromatic rings. The number of hydrogen-bond donors (Lipinski definition) is 2. The number of carbonyl (C=O) groups is 1. The van der Waals surface area contributed by atoms with Gasteiger partial charge in [0, 0.05) is 61.8 Å². The fourth-order valence-electron chi connectivity index (χ4n) is 3.85. The molecule has 1 amide bonds. The summed E-state index contributed by atoms with van der Waals surface area (Å²) in [6.07, 6.45) is -1.15. The summed E-state index contributed by atoms with van der Waals surface area (Å²) in [6, 6.07) is 5.83. The van der Waals surface area contributed by atoms with Crippen LogP contribution in [-0.2, 0) is 12.7 Å². The number of nitrogens with two attached hydrogens (primary N) is 1. The van der Waals surface area contributed by atoms with Crippen LogP contribution in [0.4, 0.5) is 23.8 Å². The third-order valence-electron chi connectivity index (χ3n) is 5.42. The van der Waals surface area contributed by atoms with Crippen LogP contribution in [0.25, 0.3) is 11.3 Å². The number of piperazine rings is 1. The van der Waals surface area contributed by atoms with Gasteiger partial charge in [-0.15, -0.1) is 0 Å². The lowest BCUT2D eigenvalue weighted by atomic mass is 10.1. The minimum Gasteiger partial charge on any atom is -0.391 e. The van der Waals surface area contributed by atoms with Crippen molar-refractivity contribution in [2.75, 3.05) is 24.5 Å². The van der Waals surface area contributed by atoms with Crippen LogP contribution >= 0.6 is 0 Å². The van der Waals surface area contributed by atoms with Crippen molar-refractivity contribution in [1.82, 2.24) is 25.1 Å². The monoisotopic (exact) mass is 461 g/mol. The molecule has 9 nitrogen and oxygen atoms in total. The van der Waals surface area contributed by atoms with Crippen LogP contribution in [0.15, 0.2) is 42.9 Å². The summed E-state index contributed by atoms with van der Waals surface area (Å²) in [6.45, 7) is 4.69. The Kier molecular flexibility index (Phi) is 6.18. The number of hydrogen-bond acceptors (Lipinski definition) is 7. The SMILES string of the molecule is CC1CN(Cc2cn[nH]c2-c2ccc(OC(N)=O)nc2)CCN1c1ccc(C(F)(F)F)cn1. The fourth-order valence-corrected chi connectivity index (χ4v) is 3.85. The Hall–Kier alpha value is -3.67. The summed E-state index contributed by atoms with van der Waals surface area (Å²) in [5.74, 6) is 0.637. The first kappa shape index (κ1) is 22.5. The van der Waals surface area contributed by atoms with Crippen molar-refractivity contribution in [3.05, 3.63) is 54.0 Å². The Morgan fingerprint density at radius 3 is 2.61 bits per heavy atom. The van der Waals surface area contributed by atoms with E-state index >= 15 is 0 Å². The van der Waals surface area contributed by atoms with E-state index in [0.717, 1.165) is 29.1 Å². The predicted molar refractivity (Wildman–Crippen MR) is 113 cm³/mol. The average Bonchev–Trinajstić information content (AvgIpc) is 3.21. The van der Waals surface area contributed by atoms with Gasteiger partial charge in [-0.05, 0) is 25.1 Å². The van der Waals surface area contributed by atoms with Crippen LogP contribution < -0.4 is 15.4 Å². The summed E-state index contributed by atoms with van der Waals surface area (Å²) in [5.41, 5.74) is 6.78. The Bertz CT molecular complexity index is 1100. The normalized spacial score (nSPS) is 17.2. The van der Waals surface area contributed by atoms with E-state index in [1.165, 1.54) is 6.07 Å². The lowest BCUT2D eigenvalue weighted by molar-refractivity contribution is -0.137. The number of aromatic nitrogens is 4. The van der Waals surface area contributed by atoms with Gasteiger partial charge in [-0.1, -0.05) is 0 Å². The number of carbonyl (C=O) groups excluding carboxylic acids is 1. The highest BCUT2D eigenvalue weighted by atomic mass is 19.4. The Balaban J connectivity index is 1.40. The Morgan fingerprint density at radius 2 is 2.00 bits per heavy atom. The summed E-state index contributed by atoms with van der Waals surface area (Å²) < 4.78 is 43.1. The number of nitrogens with one attached hydrogen (secondary N) is 1. The van der Waals surface area contributed by atoms with Gasteiger partial charge in [0.2, 0.25) is 5.88 Å². The molecule has 1 aliphatic heterocycles. The maximum atomic E-state index is 12.8. The van der Waals surface area contributed by atoms with E-state index in [0.29, 0.717) is 32.0 Å². The van der Waals surface area contributed by atoms with Gasteiger partial charge in [-0.2, -0.15) is 18.3 Å². The summed E-state index contributed by atoms with van der Waals surface area (Å²) >= 11 is 0. The molecular formula is C21H22F3N7O2. The van der Waals surface area contributed by atoms with Crippen molar-refractivity contribution in [2.45, 2.75) is 25.7 Å². The van der Waals surface area contributed by atoms with Crippen molar-refractivity contribution in [3.8, 4) is 17.1 Å². The van der Waals surface area contributed by atoms with E-state index in [-0.39, 0.29) is 11.9 Å². The highest BCUT2D eigenvalue weighted by molar-refractivity contribution is 5.68. The first-order valence-electron chi connectivity index (χ1n) is 10.2. The number of alkyl halides is 3. The molecule has 1 fully saturated rings. The third kappa shape index (κ3) is 5.22. The molecular weight excluding hydrogens is 439 g/mol. The first-order valence-corrected chi connectivity index (χ1v) is 10.2.